The molecule has 30 heavy (non-hydrogen) atoms. The van der Waals surface area contributed by atoms with Crippen molar-refractivity contribution in [2.75, 3.05) is 51.3 Å². The van der Waals surface area contributed by atoms with E-state index in [9.17, 15) is 4.79 Å². The minimum Gasteiger partial charge on any atom is -0.355 e. The quantitative estimate of drug-likeness (QED) is 0.514. The van der Waals surface area contributed by atoms with Crippen molar-refractivity contribution in [3.8, 4) is 0 Å². The van der Waals surface area contributed by atoms with Crippen molar-refractivity contribution < 1.29 is 4.79 Å². The predicted molar refractivity (Wildman–Crippen MR) is 126 cm³/mol. The van der Waals surface area contributed by atoms with Gasteiger partial charge in [-0.05, 0) is 32.1 Å². The molecule has 2 saturated carbocycles. The highest BCUT2D eigenvalue weighted by Crippen LogP contribution is 2.35. The van der Waals surface area contributed by atoms with E-state index in [1.807, 2.05) is 7.05 Å². The van der Waals surface area contributed by atoms with Gasteiger partial charge in [-0.15, -0.1) is 0 Å². The summed E-state index contributed by atoms with van der Waals surface area (Å²) in [4.78, 5) is 22.1. The van der Waals surface area contributed by atoms with Crippen LogP contribution in [0.1, 0.15) is 64.2 Å². The number of likely N-dealkylation sites (tertiary alicyclic amines) is 1. The van der Waals surface area contributed by atoms with Gasteiger partial charge in [-0.3, -0.25) is 14.7 Å². The van der Waals surface area contributed by atoms with Crippen molar-refractivity contribution in [1.82, 2.24) is 20.4 Å². The molecule has 4 fully saturated rings. The van der Waals surface area contributed by atoms with Crippen LogP contribution in [0, 0.1) is 5.92 Å². The van der Waals surface area contributed by atoms with Gasteiger partial charge in [-0.1, -0.05) is 32.1 Å². The third-order valence-corrected chi connectivity index (χ3v) is 8.76. The lowest BCUT2D eigenvalue weighted by Crippen LogP contribution is -2.60. The number of hydrogen-bond donors (Lipinski definition) is 2. The molecule has 4 aliphatic rings. The van der Waals surface area contributed by atoms with Crippen molar-refractivity contribution in [2.24, 2.45) is 10.9 Å². The number of carbonyl (C=O) groups excluding carboxylic acids is 1. The fourth-order valence-electron chi connectivity index (χ4n) is 6.00. The highest BCUT2D eigenvalue weighted by molar-refractivity contribution is 7.99. The normalized spacial score (nSPS) is 28.6. The van der Waals surface area contributed by atoms with E-state index in [1.165, 1.54) is 69.5 Å². The van der Waals surface area contributed by atoms with E-state index >= 15 is 0 Å². The molecule has 0 aromatic rings. The first kappa shape index (κ1) is 22.3. The monoisotopic (exact) mass is 435 g/mol. The van der Waals surface area contributed by atoms with Gasteiger partial charge in [0.25, 0.3) is 0 Å². The molecule has 0 bridgehead atoms. The lowest BCUT2D eigenvalue weighted by Gasteiger charge is -2.48. The van der Waals surface area contributed by atoms with Crippen LogP contribution >= 0.6 is 11.8 Å². The average molecular weight is 436 g/mol. The lowest BCUT2D eigenvalue weighted by atomic mass is 9.80. The Hall–Kier alpha value is -0.950. The molecule has 2 N–H and O–H groups in total. The zero-order valence-electron chi connectivity index (χ0n) is 18.8. The second kappa shape index (κ2) is 10.6. The van der Waals surface area contributed by atoms with Gasteiger partial charge in [-0.25, -0.2) is 0 Å². The fourth-order valence-corrected chi connectivity index (χ4v) is 6.90. The summed E-state index contributed by atoms with van der Waals surface area (Å²) in [6.07, 6.45) is 12.3. The second-order valence-electron chi connectivity index (χ2n) is 9.71. The molecule has 2 aliphatic carbocycles. The molecular formula is C23H41N5OS. The SMILES string of the molecule is CN=C(NCC1(N2CCSCC2)CCCCC1)NC1CCN(C(=O)C2CCCC2)C1. The Balaban J connectivity index is 1.29. The van der Waals surface area contributed by atoms with E-state index in [4.69, 9.17) is 0 Å². The first-order chi connectivity index (χ1) is 14.7. The van der Waals surface area contributed by atoms with E-state index in [2.05, 4.69) is 37.2 Å². The van der Waals surface area contributed by atoms with E-state index < -0.39 is 0 Å². The molecule has 4 rings (SSSR count). The van der Waals surface area contributed by atoms with Gasteiger partial charge in [0.05, 0.1) is 0 Å². The van der Waals surface area contributed by atoms with Crippen LogP contribution in [-0.4, -0.2) is 84.5 Å². The molecule has 1 amide bonds. The van der Waals surface area contributed by atoms with Gasteiger partial charge < -0.3 is 15.5 Å². The molecule has 1 unspecified atom stereocenters. The number of hydrogen-bond acceptors (Lipinski definition) is 4. The summed E-state index contributed by atoms with van der Waals surface area (Å²) in [5, 5.41) is 7.31. The first-order valence-electron chi connectivity index (χ1n) is 12.3. The number of amides is 1. The van der Waals surface area contributed by atoms with Crippen LogP contribution in [0.4, 0.5) is 0 Å². The van der Waals surface area contributed by atoms with E-state index in [1.54, 1.807) is 0 Å². The summed E-state index contributed by atoms with van der Waals surface area (Å²) >= 11 is 2.09. The largest absolute Gasteiger partial charge is 0.355 e. The Labute approximate surface area is 187 Å². The summed E-state index contributed by atoms with van der Waals surface area (Å²) in [6, 6.07) is 0.315. The summed E-state index contributed by atoms with van der Waals surface area (Å²) in [7, 11) is 1.87. The van der Waals surface area contributed by atoms with Gasteiger partial charge in [-0.2, -0.15) is 11.8 Å². The Bertz CT molecular complexity index is 594. The molecule has 0 spiro atoms. The Kier molecular flexibility index (Phi) is 7.85. The smallest absolute Gasteiger partial charge is 0.225 e. The molecule has 0 aromatic carbocycles. The van der Waals surface area contributed by atoms with Gasteiger partial charge in [0.1, 0.15) is 0 Å². The Morgan fingerprint density at radius 2 is 1.77 bits per heavy atom. The van der Waals surface area contributed by atoms with Crippen molar-refractivity contribution in [3.63, 3.8) is 0 Å². The van der Waals surface area contributed by atoms with Crippen LogP contribution < -0.4 is 10.6 Å². The number of guanidine groups is 1. The molecule has 0 aromatic heterocycles. The minimum absolute atomic E-state index is 0.287. The highest BCUT2D eigenvalue weighted by atomic mass is 32.2. The Morgan fingerprint density at radius 3 is 2.47 bits per heavy atom. The summed E-state index contributed by atoms with van der Waals surface area (Å²) < 4.78 is 0. The number of nitrogens with zero attached hydrogens (tertiary/aromatic N) is 3. The van der Waals surface area contributed by atoms with Crippen molar-refractivity contribution in [1.29, 1.82) is 0 Å². The lowest BCUT2D eigenvalue weighted by molar-refractivity contribution is -0.134. The van der Waals surface area contributed by atoms with Crippen LogP contribution in [0.2, 0.25) is 0 Å². The topological polar surface area (TPSA) is 60.0 Å². The van der Waals surface area contributed by atoms with Crippen molar-refractivity contribution in [2.45, 2.75) is 75.8 Å². The van der Waals surface area contributed by atoms with Crippen LogP contribution in [0.5, 0.6) is 0 Å². The van der Waals surface area contributed by atoms with E-state index in [-0.39, 0.29) is 11.5 Å². The standard InChI is InChI=1S/C23H41N5OS/c1-24-22(26-20-9-12-27(17-20)21(29)19-7-3-4-8-19)25-18-23(10-5-2-6-11-23)28-13-15-30-16-14-28/h19-20H,2-18H2,1H3,(H2,24,25,26). The van der Waals surface area contributed by atoms with E-state index in [0.29, 0.717) is 11.9 Å². The predicted octanol–water partition coefficient (Wildman–Crippen LogP) is 2.69. The maximum Gasteiger partial charge on any atom is 0.225 e. The minimum atomic E-state index is 0.287. The summed E-state index contributed by atoms with van der Waals surface area (Å²) in [5.41, 5.74) is 0.289. The number of nitrogens with one attached hydrogen (secondary N) is 2. The van der Waals surface area contributed by atoms with Gasteiger partial charge in [0, 0.05) is 68.8 Å². The summed E-state index contributed by atoms with van der Waals surface area (Å²) in [5.74, 6) is 4.12. The number of carbonyl (C=O) groups is 1. The van der Waals surface area contributed by atoms with Gasteiger partial charge in [0.15, 0.2) is 5.96 Å². The molecule has 2 saturated heterocycles. The molecule has 170 valence electrons. The van der Waals surface area contributed by atoms with Crippen LogP contribution in [0.25, 0.3) is 0 Å². The maximum absolute atomic E-state index is 12.7. The zero-order valence-corrected chi connectivity index (χ0v) is 19.7. The molecule has 6 nitrogen and oxygen atoms in total. The molecule has 2 aliphatic heterocycles. The average Bonchev–Trinajstić information content (AvgIpc) is 3.50. The third-order valence-electron chi connectivity index (χ3n) is 7.82. The summed E-state index contributed by atoms with van der Waals surface area (Å²) in [6.45, 7) is 5.14. The highest BCUT2D eigenvalue weighted by Gasteiger charge is 2.39. The molecule has 1 atom stereocenters. The molecular weight excluding hydrogens is 394 g/mol. The third kappa shape index (κ3) is 5.26. The van der Waals surface area contributed by atoms with Crippen molar-refractivity contribution in [3.05, 3.63) is 0 Å². The molecule has 0 radical (unpaired) electrons. The van der Waals surface area contributed by atoms with Gasteiger partial charge >= 0.3 is 0 Å². The van der Waals surface area contributed by atoms with Crippen molar-refractivity contribution >= 4 is 23.6 Å². The second-order valence-corrected chi connectivity index (χ2v) is 10.9. The fraction of sp³-hybridized carbons (Fsp3) is 0.913. The van der Waals surface area contributed by atoms with Crippen LogP contribution in [-0.2, 0) is 4.79 Å². The maximum atomic E-state index is 12.7. The van der Waals surface area contributed by atoms with Crippen LogP contribution in [0.15, 0.2) is 4.99 Å². The molecule has 2 heterocycles. The van der Waals surface area contributed by atoms with E-state index in [0.717, 1.165) is 44.9 Å². The Morgan fingerprint density at radius 1 is 1.03 bits per heavy atom. The van der Waals surface area contributed by atoms with Gasteiger partial charge in [0.2, 0.25) is 5.91 Å². The number of thioether (sulfide) groups is 1. The molecule has 7 heteroatoms. The zero-order chi connectivity index (χ0) is 20.8. The number of rotatable bonds is 5. The number of aliphatic imine (C=N–C) groups is 1. The first-order valence-corrected chi connectivity index (χ1v) is 13.4. The van der Waals surface area contributed by atoms with Crippen LogP contribution in [0.3, 0.4) is 0 Å².